The van der Waals surface area contributed by atoms with Gasteiger partial charge in [0.1, 0.15) is 12.2 Å². The predicted octanol–water partition coefficient (Wildman–Crippen LogP) is 3.97. The van der Waals surface area contributed by atoms with Crippen LogP contribution in [0.4, 0.5) is 0 Å². The molecule has 2 unspecified atom stereocenters. The van der Waals surface area contributed by atoms with Crippen LogP contribution in [0.3, 0.4) is 0 Å². The molecule has 4 heteroatoms. The van der Waals surface area contributed by atoms with Crippen LogP contribution in [0.5, 0.6) is 0 Å². The average molecular weight is 325 g/mol. The summed E-state index contributed by atoms with van der Waals surface area (Å²) < 4.78 is 0. The molecule has 0 amide bonds. The molecule has 2 N–H and O–H groups in total. The third-order valence-corrected chi connectivity index (χ3v) is 3.41. The van der Waals surface area contributed by atoms with E-state index in [4.69, 9.17) is 23.2 Å². The first-order chi connectivity index (χ1) is 10.0. The number of rotatable bonds is 5. The summed E-state index contributed by atoms with van der Waals surface area (Å²) >= 11 is 11.8. The van der Waals surface area contributed by atoms with Crippen LogP contribution in [0, 0.1) is 23.7 Å². The molecule has 0 heterocycles. The van der Waals surface area contributed by atoms with Crippen LogP contribution in [0.2, 0.25) is 10.0 Å². The maximum Gasteiger partial charge on any atom is 0.142 e. The van der Waals surface area contributed by atoms with Crippen molar-refractivity contribution in [1.82, 2.24) is 0 Å². The lowest BCUT2D eigenvalue weighted by Crippen LogP contribution is -2.01. The summed E-state index contributed by atoms with van der Waals surface area (Å²) in [6.07, 6.45) is 2.09. The summed E-state index contributed by atoms with van der Waals surface area (Å²) in [6.45, 7) is 2.10. The van der Waals surface area contributed by atoms with E-state index >= 15 is 0 Å². The monoisotopic (exact) mass is 324 g/mol. The Hall–Kier alpha value is -1.16. The Kier molecular flexibility index (Phi) is 8.28. The van der Waals surface area contributed by atoms with Gasteiger partial charge in [-0.2, -0.15) is 0 Å². The van der Waals surface area contributed by atoms with Crippen molar-refractivity contribution in [1.29, 1.82) is 0 Å². The van der Waals surface area contributed by atoms with Gasteiger partial charge in [0, 0.05) is 15.6 Å². The second-order valence-electron chi connectivity index (χ2n) is 4.62. The van der Waals surface area contributed by atoms with Crippen LogP contribution in [0.25, 0.3) is 0 Å². The highest BCUT2D eigenvalue weighted by Crippen LogP contribution is 2.25. The topological polar surface area (TPSA) is 40.5 Å². The molecule has 1 aromatic carbocycles. The summed E-state index contributed by atoms with van der Waals surface area (Å²) in [7, 11) is 0. The van der Waals surface area contributed by atoms with Crippen LogP contribution in [0.1, 0.15) is 44.3 Å². The number of hydrogen-bond acceptors (Lipinski definition) is 2. The first-order valence-corrected chi connectivity index (χ1v) is 7.62. The van der Waals surface area contributed by atoms with E-state index in [1.54, 1.807) is 18.2 Å². The van der Waals surface area contributed by atoms with Crippen molar-refractivity contribution in [3.05, 3.63) is 33.8 Å². The van der Waals surface area contributed by atoms with Gasteiger partial charge in [0.2, 0.25) is 0 Å². The minimum absolute atomic E-state index is 0.358. The van der Waals surface area contributed by atoms with Gasteiger partial charge in [0.25, 0.3) is 0 Å². The first kappa shape index (κ1) is 17.9. The second kappa shape index (κ2) is 9.72. The quantitative estimate of drug-likeness (QED) is 0.635. The van der Waals surface area contributed by atoms with Crippen molar-refractivity contribution >= 4 is 23.2 Å². The molecule has 0 aliphatic heterocycles. The van der Waals surface area contributed by atoms with Gasteiger partial charge in [-0.15, -0.1) is 0 Å². The number of aliphatic hydroxyl groups excluding tert-OH is 2. The Labute approximate surface area is 136 Å². The van der Waals surface area contributed by atoms with E-state index in [1.807, 2.05) is 0 Å². The van der Waals surface area contributed by atoms with E-state index in [0.717, 1.165) is 19.3 Å². The molecule has 0 radical (unpaired) electrons. The molecule has 0 aliphatic carbocycles. The number of hydrogen-bond donors (Lipinski definition) is 2. The van der Waals surface area contributed by atoms with E-state index in [-0.39, 0.29) is 0 Å². The minimum atomic E-state index is -1.03. The van der Waals surface area contributed by atoms with Crippen molar-refractivity contribution < 1.29 is 10.2 Å². The van der Waals surface area contributed by atoms with Crippen molar-refractivity contribution in [3.63, 3.8) is 0 Å². The van der Waals surface area contributed by atoms with Gasteiger partial charge >= 0.3 is 0 Å². The lowest BCUT2D eigenvalue weighted by Gasteiger charge is -2.05. The van der Waals surface area contributed by atoms with Crippen LogP contribution < -0.4 is 0 Å². The standard InChI is InChI=1S/C17H18Cl2O2/c1-2-3-4-7-14(20)8-5-6-9-17(21)15-11-10-13(18)12-16(15)19/h10-12,14,17,20-21H,2-4,7H2,1H3. The molecule has 112 valence electrons. The largest absolute Gasteiger partial charge is 0.380 e. The molecular weight excluding hydrogens is 307 g/mol. The lowest BCUT2D eigenvalue weighted by atomic mass is 10.1. The van der Waals surface area contributed by atoms with Gasteiger partial charge in [-0.1, -0.05) is 60.9 Å². The summed E-state index contributed by atoms with van der Waals surface area (Å²) in [5.41, 5.74) is 0.485. The van der Waals surface area contributed by atoms with Crippen LogP contribution in [0.15, 0.2) is 18.2 Å². The number of halogens is 2. The third kappa shape index (κ3) is 6.89. The Bertz CT molecular complexity index is 576. The summed E-state index contributed by atoms with van der Waals surface area (Å²) in [4.78, 5) is 0. The van der Waals surface area contributed by atoms with Gasteiger partial charge in [-0.05, 0) is 36.8 Å². The second-order valence-corrected chi connectivity index (χ2v) is 5.46. The van der Waals surface area contributed by atoms with Crippen molar-refractivity contribution in [3.8, 4) is 23.7 Å². The average Bonchev–Trinajstić information content (AvgIpc) is 2.43. The lowest BCUT2D eigenvalue weighted by molar-refractivity contribution is 0.217. The molecule has 0 saturated carbocycles. The fourth-order valence-corrected chi connectivity index (χ4v) is 2.20. The van der Waals surface area contributed by atoms with Gasteiger partial charge in [-0.3, -0.25) is 0 Å². The zero-order valence-electron chi connectivity index (χ0n) is 11.9. The normalized spacial score (nSPS) is 12.6. The molecule has 2 nitrogen and oxygen atoms in total. The molecule has 0 aromatic heterocycles. The van der Waals surface area contributed by atoms with E-state index in [1.165, 1.54) is 0 Å². The highest BCUT2D eigenvalue weighted by atomic mass is 35.5. The third-order valence-electron chi connectivity index (χ3n) is 2.85. The van der Waals surface area contributed by atoms with Gasteiger partial charge in [-0.25, -0.2) is 0 Å². The summed E-state index contributed by atoms with van der Waals surface area (Å²) in [6, 6.07) is 4.81. The molecule has 0 spiro atoms. The molecule has 0 saturated heterocycles. The van der Waals surface area contributed by atoms with Gasteiger partial charge in [0.15, 0.2) is 0 Å². The molecule has 1 rings (SSSR count). The van der Waals surface area contributed by atoms with Crippen LogP contribution in [-0.2, 0) is 0 Å². The van der Waals surface area contributed by atoms with Crippen molar-refractivity contribution in [2.24, 2.45) is 0 Å². The molecular formula is C17H18Cl2O2. The fourth-order valence-electron chi connectivity index (χ4n) is 1.68. The Balaban J connectivity index is 2.58. The van der Waals surface area contributed by atoms with E-state index in [2.05, 4.69) is 30.6 Å². The van der Waals surface area contributed by atoms with E-state index < -0.39 is 12.2 Å². The van der Waals surface area contributed by atoms with Crippen LogP contribution >= 0.6 is 23.2 Å². The van der Waals surface area contributed by atoms with E-state index in [0.29, 0.717) is 22.0 Å². The molecule has 1 aromatic rings. The molecule has 2 atom stereocenters. The molecule has 0 fully saturated rings. The molecule has 0 bridgehead atoms. The number of benzene rings is 1. The Morgan fingerprint density at radius 1 is 1.10 bits per heavy atom. The Morgan fingerprint density at radius 2 is 1.81 bits per heavy atom. The number of unbranched alkanes of at least 4 members (excludes halogenated alkanes) is 2. The van der Waals surface area contributed by atoms with Crippen molar-refractivity contribution in [2.75, 3.05) is 0 Å². The zero-order chi connectivity index (χ0) is 15.7. The zero-order valence-corrected chi connectivity index (χ0v) is 13.4. The summed E-state index contributed by atoms with van der Waals surface area (Å²) in [5.74, 6) is 10.3. The smallest absolute Gasteiger partial charge is 0.142 e. The van der Waals surface area contributed by atoms with Gasteiger partial charge in [0.05, 0.1) is 0 Å². The number of aliphatic hydroxyl groups is 2. The van der Waals surface area contributed by atoms with E-state index in [9.17, 15) is 10.2 Å². The SMILES string of the molecule is CCCCCC(O)C#CC#CC(O)c1ccc(Cl)cc1Cl. The van der Waals surface area contributed by atoms with Crippen LogP contribution in [-0.4, -0.2) is 16.3 Å². The Morgan fingerprint density at radius 3 is 2.48 bits per heavy atom. The fraction of sp³-hybridized carbons (Fsp3) is 0.412. The highest BCUT2D eigenvalue weighted by Gasteiger charge is 2.08. The van der Waals surface area contributed by atoms with Crippen molar-refractivity contribution in [2.45, 2.75) is 44.8 Å². The van der Waals surface area contributed by atoms with Gasteiger partial charge < -0.3 is 10.2 Å². The predicted molar refractivity (Wildman–Crippen MR) is 87.1 cm³/mol. The molecule has 21 heavy (non-hydrogen) atoms. The molecule has 0 aliphatic rings. The maximum absolute atomic E-state index is 9.90. The highest BCUT2D eigenvalue weighted by molar-refractivity contribution is 6.35. The first-order valence-electron chi connectivity index (χ1n) is 6.86. The summed E-state index contributed by atoms with van der Waals surface area (Å²) in [5, 5.41) is 20.3. The minimum Gasteiger partial charge on any atom is -0.380 e. The maximum atomic E-state index is 9.90.